The Morgan fingerprint density at radius 2 is 1.92 bits per heavy atom. The van der Waals surface area contributed by atoms with Gasteiger partial charge in [0.25, 0.3) is 5.56 Å². The normalized spacial score (nSPS) is 10.8. The number of H-pyrrole nitrogens is 1. The third-order valence-corrected chi connectivity index (χ3v) is 3.93. The zero-order valence-electron chi connectivity index (χ0n) is 14.6. The first kappa shape index (κ1) is 17.8. The van der Waals surface area contributed by atoms with E-state index in [0.29, 0.717) is 18.5 Å². The Hall–Kier alpha value is -2.50. The average molecular weight is 329 g/mol. The number of pyridine rings is 1. The van der Waals surface area contributed by atoms with Crippen LogP contribution in [0.15, 0.2) is 21.7 Å². The minimum absolute atomic E-state index is 0.164. The SMILES string of the molecule is CCCCn1c(C(=O)c2cc(C)cc(C)n2)c(CC)c(=O)[nH]c1=O. The fraction of sp³-hybridized carbons (Fsp3) is 0.444. The minimum Gasteiger partial charge on any atom is -0.290 e. The molecule has 0 radical (unpaired) electrons. The molecular formula is C18H23N3O3. The van der Waals surface area contributed by atoms with E-state index < -0.39 is 11.2 Å². The smallest absolute Gasteiger partial charge is 0.290 e. The van der Waals surface area contributed by atoms with Crippen molar-refractivity contribution < 1.29 is 4.79 Å². The molecule has 2 heterocycles. The van der Waals surface area contributed by atoms with Crippen molar-refractivity contribution in [3.8, 4) is 0 Å². The Morgan fingerprint density at radius 1 is 1.21 bits per heavy atom. The summed E-state index contributed by atoms with van der Waals surface area (Å²) in [6.07, 6.45) is 1.99. The third-order valence-electron chi connectivity index (χ3n) is 3.93. The zero-order chi connectivity index (χ0) is 17.9. The van der Waals surface area contributed by atoms with Crippen LogP contribution in [-0.2, 0) is 13.0 Å². The van der Waals surface area contributed by atoms with Crippen LogP contribution in [0.2, 0.25) is 0 Å². The van der Waals surface area contributed by atoms with Gasteiger partial charge in [0.1, 0.15) is 11.4 Å². The van der Waals surface area contributed by atoms with Gasteiger partial charge in [0.2, 0.25) is 5.78 Å². The highest BCUT2D eigenvalue weighted by molar-refractivity contribution is 6.07. The number of carbonyl (C=O) groups is 1. The Morgan fingerprint density at radius 3 is 2.50 bits per heavy atom. The van der Waals surface area contributed by atoms with Gasteiger partial charge in [-0.3, -0.25) is 19.1 Å². The van der Waals surface area contributed by atoms with Crippen LogP contribution in [0.1, 0.15) is 59.7 Å². The highest BCUT2D eigenvalue weighted by Gasteiger charge is 2.22. The van der Waals surface area contributed by atoms with Crippen LogP contribution in [0.5, 0.6) is 0 Å². The van der Waals surface area contributed by atoms with Crippen LogP contribution in [0, 0.1) is 13.8 Å². The number of ketones is 1. The number of aromatic amines is 1. The van der Waals surface area contributed by atoms with Gasteiger partial charge in [0.05, 0.1) is 0 Å². The molecule has 24 heavy (non-hydrogen) atoms. The summed E-state index contributed by atoms with van der Waals surface area (Å²) in [5, 5.41) is 0. The van der Waals surface area contributed by atoms with Crippen molar-refractivity contribution in [2.24, 2.45) is 0 Å². The van der Waals surface area contributed by atoms with Gasteiger partial charge < -0.3 is 0 Å². The molecule has 0 atom stereocenters. The van der Waals surface area contributed by atoms with Gasteiger partial charge in [-0.25, -0.2) is 9.78 Å². The number of aromatic nitrogens is 3. The predicted molar refractivity (Wildman–Crippen MR) is 92.8 cm³/mol. The second-order valence-electron chi connectivity index (χ2n) is 5.95. The molecule has 1 N–H and O–H groups in total. The molecule has 0 aromatic carbocycles. The van der Waals surface area contributed by atoms with E-state index in [1.54, 1.807) is 13.0 Å². The van der Waals surface area contributed by atoms with Gasteiger partial charge in [-0.2, -0.15) is 0 Å². The van der Waals surface area contributed by atoms with Crippen LogP contribution in [0.4, 0.5) is 0 Å². The van der Waals surface area contributed by atoms with Crippen molar-refractivity contribution in [2.45, 2.75) is 53.5 Å². The fourth-order valence-corrected chi connectivity index (χ4v) is 2.81. The first-order valence-corrected chi connectivity index (χ1v) is 8.25. The molecule has 0 unspecified atom stereocenters. The average Bonchev–Trinajstić information content (AvgIpc) is 2.51. The van der Waals surface area contributed by atoms with Crippen LogP contribution < -0.4 is 11.2 Å². The second-order valence-corrected chi connectivity index (χ2v) is 5.95. The van der Waals surface area contributed by atoms with Gasteiger partial charge in [0.15, 0.2) is 0 Å². The molecule has 2 aromatic heterocycles. The molecule has 0 spiro atoms. The monoisotopic (exact) mass is 329 g/mol. The topological polar surface area (TPSA) is 84.8 Å². The minimum atomic E-state index is -0.543. The van der Waals surface area contributed by atoms with E-state index in [0.717, 1.165) is 24.1 Å². The standard InChI is InChI=1S/C18H23N3O3/c1-5-7-8-21-15(13(6-2)17(23)20-18(21)24)16(22)14-10-11(3)9-12(4)19-14/h9-10H,5-8H2,1-4H3,(H,20,23,24). The number of hydrogen-bond acceptors (Lipinski definition) is 4. The van der Waals surface area contributed by atoms with Gasteiger partial charge in [-0.1, -0.05) is 20.3 Å². The van der Waals surface area contributed by atoms with Gasteiger partial charge in [0, 0.05) is 17.8 Å². The third kappa shape index (κ3) is 3.53. The maximum atomic E-state index is 13.0. The maximum absolute atomic E-state index is 13.0. The van der Waals surface area contributed by atoms with Crippen LogP contribution in [0.25, 0.3) is 0 Å². The highest BCUT2D eigenvalue weighted by Crippen LogP contribution is 2.13. The zero-order valence-corrected chi connectivity index (χ0v) is 14.6. The molecule has 128 valence electrons. The summed E-state index contributed by atoms with van der Waals surface area (Å²) in [5.74, 6) is -0.377. The van der Waals surface area contributed by atoms with Crippen LogP contribution in [-0.4, -0.2) is 20.3 Å². The molecule has 0 fully saturated rings. The summed E-state index contributed by atoms with van der Waals surface area (Å²) in [6.45, 7) is 7.89. The first-order chi connectivity index (χ1) is 11.4. The number of nitrogens with one attached hydrogen (secondary N) is 1. The van der Waals surface area contributed by atoms with Crippen molar-refractivity contribution in [3.63, 3.8) is 0 Å². The van der Waals surface area contributed by atoms with Crippen LogP contribution >= 0.6 is 0 Å². The summed E-state index contributed by atoms with van der Waals surface area (Å²) < 4.78 is 1.38. The molecule has 2 aromatic rings. The van der Waals surface area contributed by atoms with Gasteiger partial charge in [-0.05, 0) is 44.4 Å². The Labute approximate surface area is 140 Å². The predicted octanol–water partition coefficient (Wildman–Crippen LogP) is 2.14. The van der Waals surface area contributed by atoms with Gasteiger partial charge >= 0.3 is 5.69 Å². The number of aryl methyl sites for hydroxylation is 2. The lowest BCUT2D eigenvalue weighted by molar-refractivity contribution is 0.102. The highest BCUT2D eigenvalue weighted by atomic mass is 16.2. The lowest BCUT2D eigenvalue weighted by Gasteiger charge is -2.14. The number of carbonyl (C=O) groups excluding carboxylic acids is 1. The summed E-state index contributed by atoms with van der Waals surface area (Å²) in [5.41, 5.74) is 1.35. The molecule has 2 rings (SSSR count). The number of unbranched alkanes of at least 4 members (excludes halogenated alkanes) is 1. The molecule has 0 aliphatic heterocycles. The van der Waals surface area contributed by atoms with E-state index in [4.69, 9.17) is 0 Å². The van der Waals surface area contributed by atoms with E-state index in [-0.39, 0.29) is 17.2 Å². The van der Waals surface area contributed by atoms with Crippen molar-refractivity contribution in [2.75, 3.05) is 0 Å². The molecule has 6 heteroatoms. The molecule has 0 amide bonds. The summed E-state index contributed by atoms with van der Waals surface area (Å²) in [7, 11) is 0. The molecular weight excluding hydrogens is 306 g/mol. The van der Waals surface area contributed by atoms with Crippen LogP contribution in [0.3, 0.4) is 0 Å². The summed E-state index contributed by atoms with van der Waals surface area (Å²) in [4.78, 5) is 44.0. The lowest BCUT2D eigenvalue weighted by Crippen LogP contribution is -2.37. The summed E-state index contributed by atoms with van der Waals surface area (Å²) >= 11 is 0. The van der Waals surface area contributed by atoms with E-state index >= 15 is 0 Å². The Kier molecular flexibility index (Phi) is 5.49. The molecule has 0 aliphatic carbocycles. The first-order valence-electron chi connectivity index (χ1n) is 8.25. The second kappa shape index (κ2) is 7.38. The fourth-order valence-electron chi connectivity index (χ4n) is 2.81. The molecule has 0 aliphatic rings. The lowest BCUT2D eigenvalue weighted by atomic mass is 10.0. The van der Waals surface area contributed by atoms with E-state index in [1.165, 1.54) is 4.57 Å². The van der Waals surface area contributed by atoms with Gasteiger partial charge in [-0.15, -0.1) is 0 Å². The number of rotatable bonds is 6. The quantitative estimate of drug-likeness (QED) is 0.823. The molecule has 0 saturated heterocycles. The number of nitrogens with zero attached hydrogens (tertiary/aromatic N) is 2. The van der Waals surface area contributed by atoms with E-state index in [2.05, 4.69) is 9.97 Å². The van der Waals surface area contributed by atoms with Crippen molar-refractivity contribution in [3.05, 3.63) is 61.2 Å². The summed E-state index contributed by atoms with van der Waals surface area (Å²) in [6, 6.07) is 3.56. The van der Waals surface area contributed by atoms with Crippen molar-refractivity contribution in [1.82, 2.24) is 14.5 Å². The Bertz CT molecular complexity index is 858. The molecule has 0 bridgehead atoms. The molecule has 0 saturated carbocycles. The Balaban J connectivity index is 2.72. The van der Waals surface area contributed by atoms with E-state index in [9.17, 15) is 14.4 Å². The van der Waals surface area contributed by atoms with Crippen molar-refractivity contribution >= 4 is 5.78 Å². The largest absolute Gasteiger partial charge is 0.328 e. The molecule has 6 nitrogen and oxygen atoms in total. The van der Waals surface area contributed by atoms with E-state index in [1.807, 2.05) is 26.8 Å². The maximum Gasteiger partial charge on any atom is 0.328 e. The number of hydrogen-bond donors (Lipinski definition) is 1. The van der Waals surface area contributed by atoms with Crippen molar-refractivity contribution in [1.29, 1.82) is 0 Å².